The van der Waals surface area contributed by atoms with Crippen LogP contribution in [0, 0.1) is 11.8 Å². The molecule has 1 aliphatic carbocycles. The molecule has 0 unspecified atom stereocenters. The van der Waals surface area contributed by atoms with E-state index < -0.39 is 0 Å². The third-order valence-electron chi connectivity index (χ3n) is 2.60. The fourth-order valence-electron chi connectivity index (χ4n) is 1.60. The molecule has 0 spiro atoms. The average Bonchev–Trinajstić information content (AvgIpc) is 2.01. The van der Waals surface area contributed by atoms with E-state index in [0.717, 1.165) is 11.8 Å². The van der Waals surface area contributed by atoms with Gasteiger partial charge in [0.1, 0.15) is 0 Å². The maximum Gasteiger partial charge on any atom is 0.302 e. The van der Waals surface area contributed by atoms with E-state index in [1.54, 1.807) is 6.92 Å². The highest BCUT2D eigenvalue weighted by molar-refractivity contribution is 5.65. The van der Waals surface area contributed by atoms with Crippen molar-refractivity contribution in [3.63, 3.8) is 0 Å². The number of carbonyl (C=O) groups excluding carboxylic acids is 1. The van der Waals surface area contributed by atoms with E-state index in [0.29, 0.717) is 6.61 Å². The van der Waals surface area contributed by atoms with E-state index in [9.17, 15) is 4.79 Å². The van der Waals surface area contributed by atoms with Gasteiger partial charge in [-0.3, -0.25) is 4.79 Å². The molecule has 2 heteroatoms. The van der Waals surface area contributed by atoms with Crippen molar-refractivity contribution in [3.05, 3.63) is 12.2 Å². The summed E-state index contributed by atoms with van der Waals surface area (Å²) in [6.07, 6.45) is 2.80. The summed E-state index contributed by atoms with van der Waals surface area (Å²) in [4.78, 5) is 9.82. The molecule has 2 nitrogen and oxygen atoms in total. The van der Waals surface area contributed by atoms with Crippen LogP contribution in [0.5, 0.6) is 0 Å². The Hall–Kier alpha value is -0.790. The molecule has 0 aromatic heterocycles. The molecule has 0 radical (unpaired) electrons. The summed E-state index contributed by atoms with van der Waals surface area (Å²) in [6.45, 7) is 12.0. The van der Waals surface area contributed by atoms with Crippen LogP contribution in [0.1, 0.15) is 40.5 Å². The van der Waals surface area contributed by atoms with Crippen LogP contribution in [0.15, 0.2) is 12.2 Å². The number of carbonyl (C=O) groups is 1. The van der Waals surface area contributed by atoms with E-state index >= 15 is 0 Å². The first kappa shape index (κ1) is 13.2. The maximum absolute atomic E-state index is 9.82. The second-order valence-corrected chi connectivity index (χ2v) is 3.93. The van der Waals surface area contributed by atoms with Crippen molar-refractivity contribution in [1.82, 2.24) is 0 Å². The smallest absolute Gasteiger partial charge is 0.302 e. The summed E-state index contributed by atoms with van der Waals surface area (Å²) in [6, 6.07) is 0. The Morgan fingerprint density at radius 2 is 2.00 bits per heavy atom. The Labute approximate surface area is 87.3 Å². The van der Waals surface area contributed by atoms with E-state index in [-0.39, 0.29) is 5.97 Å². The molecule has 1 aliphatic rings. The lowest BCUT2D eigenvalue weighted by Crippen LogP contribution is -2.23. The highest BCUT2D eigenvalue weighted by Gasteiger charge is 2.26. The standard InChI is InChI=1S/C8H14.C4H8O2/c1-6(2)8-5-4-7(8)3;1-3-6-4(2)5/h7-8H,1,4-5H2,2-3H3;3H2,1-2H3/t7-,8-;/m1./s1. The summed E-state index contributed by atoms with van der Waals surface area (Å²) < 4.78 is 4.40. The number of allylic oxidation sites excluding steroid dienone is 1. The third-order valence-corrected chi connectivity index (χ3v) is 2.60. The molecule has 1 rings (SSSR count). The summed E-state index contributed by atoms with van der Waals surface area (Å²) in [5.41, 5.74) is 1.38. The third kappa shape index (κ3) is 5.05. The number of rotatable bonds is 2. The second-order valence-electron chi connectivity index (χ2n) is 3.93. The Morgan fingerprint density at radius 3 is 2.00 bits per heavy atom. The second kappa shape index (κ2) is 6.63. The molecular weight excluding hydrogens is 176 g/mol. The van der Waals surface area contributed by atoms with Gasteiger partial charge in [-0.15, -0.1) is 0 Å². The summed E-state index contributed by atoms with van der Waals surface area (Å²) in [5.74, 6) is 1.57. The van der Waals surface area contributed by atoms with Crippen LogP contribution in [-0.4, -0.2) is 12.6 Å². The number of ether oxygens (including phenoxy) is 1. The molecule has 1 saturated carbocycles. The largest absolute Gasteiger partial charge is 0.466 e. The van der Waals surface area contributed by atoms with E-state index in [1.807, 2.05) is 0 Å². The topological polar surface area (TPSA) is 26.3 Å². The maximum atomic E-state index is 9.82. The molecule has 0 saturated heterocycles. The lowest BCUT2D eigenvalue weighted by molar-refractivity contribution is -0.140. The van der Waals surface area contributed by atoms with Crippen molar-refractivity contribution in [1.29, 1.82) is 0 Å². The van der Waals surface area contributed by atoms with Crippen molar-refractivity contribution in [2.45, 2.75) is 40.5 Å². The van der Waals surface area contributed by atoms with Gasteiger partial charge in [-0.2, -0.15) is 0 Å². The van der Waals surface area contributed by atoms with Gasteiger partial charge < -0.3 is 4.74 Å². The van der Waals surface area contributed by atoms with E-state index in [1.165, 1.54) is 25.3 Å². The molecule has 1 fully saturated rings. The van der Waals surface area contributed by atoms with Crippen LogP contribution in [0.25, 0.3) is 0 Å². The monoisotopic (exact) mass is 198 g/mol. The number of hydrogen-bond donors (Lipinski definition) is 0. The molecule has 0 bridgehead atoms. The average molecular weight is 198 g/mol. The van der Waals surface area contributed by atoms with Crippen molar-refractivity contribution in [2.75, 3.05) is 6.61 Å². The van der Waals surface area contributed by atoms with Gasteiger partial charge in [-0.05, 0) is 38.5 Å². The van der Waals surface area contributed by atoms with Gasteiger partial charge in [-0.1, -0.05) is 19.1 Å². The molecule has 0 heterocycles. The Morgan fingerprint density at radius 1 is 1.43 bits per heavy atom. The van der Waals surface area contributed by atoms with E-state index in [4.69, 9.17) is 0 Å². The normalized spacial score (nSPS) is 24.0. The van der Waals surface area contributed by atoms with Gasteiger partial charge in [0.2, 0.25) is 0 Å². The summed E-state index contributed by atoms with van der Waals surface area (Å²) in [7, 11) is 0. The van der Waals surface area contributed by atoms with Gasteiger partial charge >= 0.3 is 5.97 Å². The Kier molecular flexibility index (Phi) is 6.26. The number of esters is 1. The highest BCUT2D eigenvalue weighted by Crippen LogP contribution is 2.37. The number of hydrogen-bond acceptors (Lipinski definition) is 2. The van der Waals surface area contributed by atoms with Crippen molar-refractivity contribution < 1.29 is 9.53 Å². The summed E-state index contributed by atoms with van der Waals surface area (Å²) >= 11 is 0. The molecule has 82 valence electrons. The van der Waals surface area contributed by atoms with Gasteiger partial charge in [0.15, 0.2) is 0 Å². The van der Waals surface area contributed by atoms with Crippen molar-refractivity contribution >= 4 is 5.97 Å². The molecule has 0 amide bonds. The minimum atomic E-state index is -0.211. The van der Waals surface area contributed by atoms with E-state index in [2.05, 4.69) is 25.2 Å². The first-order chi connectivity index (χ1) is 6.49. The van der Waals surface area contributed by atoms with Gasteiger partial charge in [0.05, 0.1) is 6.61 Å². The first-order valence-corrected chi connectivity index (χ1v) is 5.27. The molecule has 14 heavy (non-hydrogen) atoms. The van der Waals surface area contributed by atoms with Crippen LogP contribution < -0.4 is 0 Å². The van der Waals surface area contributed by atoms with Crippen molar-refractivity contribution in [2.24, 2.45) is 11.8 Å². The molecule has 2 atom stereocenters. The van der Waals surface area contributed by atoms with Crippen LogP contribution in [0.3, 0.4) is 0 Å². The van der Waals surface area contributed by atoms with Crippen LogP contribution in [0.4, 0.5) is 0 Å². The zero-order chi connectivity index (χ0) is 11.1. The van der Waals surface area contributed by atoms with Crippen LogP contribution in [-0.2, 0) is 9.53 Å². The molecule has 0 N–H and O–H groups in total. The first-order valence-electron chi connectivity index (χ1n) is 5.27. The summed E-state index contributed by atoms with van der Waals surface area (Å²) in [5, 5.41) is 0. The molecule has 0 aromatic rings. The predicted molar refractivity (Wildman–Crippen MR) is 59.0 cm³/mol. The van der Waals surface area contributed by atoms with Crippen molar-refractivity contribution in [3.8, 4) is 0 Å². The quantitative estimate of drug-likeness (QED) is 0.503. The fraction of sp³-hybridized carbons (Fsp3) is 0.750. The van der Waals surface area contributed by atoms with Crippen LogP contribution in [0.2, 0.25) is 0 Å². The minimum Gasteiger partial charge on any atom is -0.466 e. The molecular formula is C12H22O2. The lowest BCUT2D eigenvalue weighted by Gasteiger charge is -2.34. The predicted octanol–water partition coefficient (Wildman–Crippen LogP) is 3.18. The van der Waals surface area contributed by atoms with Gasteiger partial charge in [0, 0.05) is 6.92 Å². The van der Waals surface area contributed by atoms with Crippen LogP contribution >= 0.6 is 0 Å². The SMILES string of the molecule is C=C(C)[C@H]1CC[C@H]1C.CCOC(C)=O. The molecule has 0 aliphatic heterocycles. The highest BCUT2D eigenvalue weighted by atomic mass is 16.5. The zero-order valence-corrected chi connectivity index (χ0v) is 9.80. The lowest BCUT2D eigenvalue weighted by atomic mass is 9.72. The Balaban J connectivity index is 0.000000255. The fourth-order valence-corrected chi connectivity index (χ4v) is 1.60. The zero-order valence-electron chi connectivity index (χ0n) is 9.80. The van der Waals surface area contributed by atoms with Gasteiger partial charge in [-0.25, -0.2) is 0 Å². The van der Waals surface area contributed by atoms with Gasteiger partial charge in [0.25, 0.3) is 0 Å². The molecule has 0 aromatic carbocycles. The Bertz CT molecular complexity index is 196. The minimum absolute atomic E-state index is 0.211.